The molecule has 2 aromatic heterocycles. The first kappa shape index (κ1) is 25.4. The Morgan fingerprint density at radius 2 is 1.85 bits per heavy atom. The Hall–Kier alpha value is -3.26. The van der Waals surface area contributed by atoms with Crippen LogP contribution < -0.4 is 16.2 Å². The van der Waals surface area contributed by atoms with Crippen molar-refractivity contribution in [1.29, 1.82) is 0 Å². The SMILES string of the molecule is CCCCC(CC)CNc1nc(C)c2ccc(=O)n(-c3ccc(C(=O)NCCCO)cc3)c2n1. The topological polar surface area (TPSA) is 109 Å². The van der Waals surface area contributed by atoms with Crippen LogP contribution in [0.25, 0.3) is 16.7 Å². The molecule has 1 unspecified atom stereocenters. The van der Waals surface area contributed by atoms with Crippen molar-refractivity contribution in [2.45, 2.75) is 52.9 Å². The third kappa shape index (κ3) is 6.20. The van der Waals surface area contributed by atoms with Gasteiger partial charge < -0.3 is 15.7 Å². The lowest BCUT2D eigenvalue weighted by atomic mass is 9.99. The number of benzene rings is 1. The molecule has 0 spiro atoms. The number of aliphatic hydroxyl groups is 1. The van der Waals surface area contributed by atoms with Crippen molar-refractivity contribution in [3.63, 3.8) is 0 Å². The highest BCUT2D eigenvalue weighted by atomic mass is 16.3. The summed E-state index contributed by atoms with van der Waals surface area (Å²) in [6.45, 7) is 7.54. The molecular formula is C26H35N5O3. The normalized spacial score (nSPS) is 12.0. The van der Waals surface area contributed by atoms with E-state index in [1.807, 2.05) is 6.92 Å². The van der Waals surface area contributed by atoms with Crippen LogP contribution in [0.3, 0.4) is 0 Å². The van der Waals surface area contributed by atoms with Crippen LogP contribution in [0.2, 0.25) is 0 Å². The maximum atomic E-state index is 12.9. The number of carbonyl (C=O) groups excluding carboxylic acids is 1. The molecule has 1 aromatic carbocycles. The monoisotopic (exact) mass is 465 g/mol. The highest BCUT2D eigenvalue weighted by molar-refractivity contribution is 5.94. The third-order valence-corrected chi connectivity index (χ3v) is 6.04. The Kier molecular flexibility index (Phi) is 9.16. The summed E-state index contributed by atoms with van der Waals surface area (Å²) in [4.78, 5) is 34.4. The van der Waals surface area contributed by atoms with Crippen LogP contribution in [0.15, 0.2) is 41.2 Å². The molecule has 0 bridgehead atoms. The van der Waals surface area contributed by atoms with E-state index < -0.39 is 0 Å². The Bertz CT molecular complexity index is 1160. The third-order valence-electron chi connectivity index (χ3n) is 6.04. The minimum absolute atomic E-state index is 0.0270. The van der Waals surface area contributed by atoms with Gasteiger partial charge in [0.15, 0.2) is 5.65 Å². The molecule has 0 saturated heterocycles. The van der Waals surface area contributed by atoms with Crippen LogP contribution >= 0.6 is 0 Å². The van der Waals surface area contributed by atoms with Crippen LogP contribution in [0.4, 0.5) is 5.95 Å². The van der Waals surface area contributed by atoms with Crippen molar-refractivity contribution in [2.24, 2.45) is 5.92 Å². The fourth-order valence-corrected chi connectivity index (χ4v) is 3.92. The van der Waals surface area contributed by atoms with E-state index in [0.717, 1.165) is 30.5 Å². The van der Waals surface area contributed by atoms with E-state index in [1.54, 1.807) is 34.9 Å². The molecule has 1 amide bonds. The predicted octanol–water partition coefficient (Wildman–Crippen LogP) is 3.83. The average molecular weight is 466 g/mol. The maximum absolute atomic E-state index is 12.9. The highest BCUT2D eigenvalue weighted by Gasteiger charge is 2.14. The predicted molar refractivity (Wildman–Crippen MR) is 136 cm³/mol. The fourth-order valence-electron chi connectivity index (χ4n) is 3.92. The van der Waals surface area contributed by atoms with Crippen molar-refractivity contribution in [3.05, 3.63) is 58.0 Å². The lowest BCUT2D eigenvalue weighted by molar-refractivity contribution is 0.0951. The van der Waals surface area contributed by atoms with Crippen molar-refractivity contribution < 1.29 is 9.90 Å². The smallest absolute Gasteiger partial charge is 0.256 e. The Labute approximate surface area is 200 Å². The number of anilines is 1. The minimum atomic E-state index is -0.219. The summed E-state index contributed by atoms with van der Waals surface area (Å²) in [6, 6.07) is 10.1. The second kappa shape index (κ2) is 12.3. The summed E-state index contributed by atoms with van der Waals surface area (Å²) in [5.74, 6) is 0.844. The second-order valence-electron chi connectivity index (χ2n) is 8.55. The number of aryl methyl sites for hydroxylation is 1. The lowest BCUT2D eigenvalue weighted by Gasteiger charge is -2.17. The van der Waals surface area contributed by atoms with Gasteiger partial charge in [-0.1, -0.05) is 33.1 Å². The van der Waals surface area contributed by atoms with Gasteiger partial charge in [0, 0.05) is 36.7 Å². The van der Waals surface area contributed by atoms with Gasteiger partial charge in [0.05, 0.1) is 11.4 Å². The number of hydrogen-bond donors (Lipinski definition) is 3. The van der Waals surface area contributed by atoms with Crippen molar-refractivity contribution >= 4 is 22.9 Å². The Morgan fingerprint density at radius 1 is 1.09 bits per heavy atom. The van der Waals surface area contributed by atoms with Crippen LogP contribution in [-0.4, -0.2) is 45.2 Å². The molecule has 0 fully saturated rings. The molecule has 2 heterocycles. The van der Waals surface area contributed by atoms with Gasteiger partial charge >= 0.3 is 0 Å². The molecule has 3 N–H and O–H groups in total. The zero-order valence-electron chi connectivity index (χ0n) is 20.3. The zero-order chi connectivity index (χ0) is 24.5. The van der Waals surface area contributed by atoms with E-state index in [1.165, 1.54) is 18.9 Å². The maximum Gasteiger partial charge on any atom is 0.256 e. The molecule has 0 aliphatic rings. The molecular weight excluding hydrogens is 430 g/mol. The average Bonchev–Trinajstić information content (AvgIpc) is 2.84. The number of carbonyl (C=O) groups is 1. The number of hydrogen-bond acceptors (Lipinski definition) is 6. The van der Waals surface area contributed by atoms with E-state index in [9.17, 15) is 9.59 Å². The summed E-state index contributed by atoms with van der Waals surface area (Å²) in [6.07, 6.45) is 5.13. The van der Waals surface area contributed by atoms with Gasteiger partial charge in [-0.25, -0.2) is 4.98 Å². The first-order chi connectivity index (χ1) is 16.5. The molecule has 0 aliphatic carbocycles. The van der Waals surface area contributed by atoms with Crippen LogP contribution in [-0.2, 0) is 0 Å². The summed E-state index contributed by atoms with van der Waals surface area (Å²) in [5.41, 5.74) is 2.24. The molecule has 182 valence electrons. The van der Waals surface area contributed by atoms with E-state index in [2.05, 4.69) is 29.5 Å². The van der Waals surface area contributed by atoms with E-state index in [0.29, 0.717) is 41.7 Å². The van der Waals surface area contributed by atoms with Crippen molar-refractivity contribution in [2.75, 3.05) is 25.0 Å². The standard InChI is InChI=1S/C26H35N5O3/c1-4-6-8-19(5-2)17-28-26-29-18(3)22-13-14-23(33)31(24(22)30-26)21-11-9-20(10-12-21)25(34)27-15-7-16-32/h9-14,19,32H,4-8,15-17H2,1-3H3,(H,27,34)(H,28,29,30). The molecule has 34 heavy (non-hydrogen) atoms. The van der Waals surface area contributed by atoms with Gasteiger partial charge in [0.1, 0.15) is 0 Å². The van der Waals surface area contributed by atoms with Gasteiger partial charge in [0.2, 0.25) is 5.95 Å². The number of pyridine rings is 1. The van der Waals surface area contributed by atoms with Crippen LogP contribution in [0.1, 0.15) is 62.0 Å². The number of unbranched alkanes of at least 4 members (excludes halogenated alkanes) is 1. The van der Waals surface area contributed by atoms with Crippen molar-refractivity contribution in [1.82, 2.24) is 19.9 Å². The number of fused-ring (bicyclic) bond motifs is 1. The second-order valence-corrected chi connectivity index (χ2v) is 8.55. The van der Waals surface area contributed by atoms with E-state index in [-0.39, 0.29) is 18.1 Å². The van der Waals surface area contributed by atoms with E-state index in [4.69, 9.17) is 10.1 Å². The van der Waals surface area contributed by atoms with E-state index >= 15 is 0 Å². The number of amides is 1. The quantitative estimate of drug-likeness (QED) is 0.351. The van der Waals surface area contributed by atoms with Crippen LogP contribution in [0.5, 0.6) is 0 Å². The molecule has 1 atom stereocenters. The fraction of sp³-hybridized carbons (Fsp3) is 0.462. The molecule has 8 nitrogen and oxygen atoms in total. The molecule has 0 radical (unpaired) electrons. The summed E-state index contributed by atoms with van der Waals surface area (Å²) < 4.78 is 1.55. The molecule has 0 saturated carbocycles. The molecule has 0 aliphatic heterocycles. The lowest BCUT2D eigenvalue weighted by Crippen LogP contribution is -2.25. The Morgan fingerprint density at radius 3 is 2.53 bits per heavy atom. The number of nitrogens with one attached hydrogen (secondary N) is 2. The number of aromatic nitrogens is 3. The number of aliphatic hydroxyl groups excluding tert-OH is 1. The number of rotatable bonds is 12. The van der Waals surface area contributed by atoms with Crippen molar-refractivity contribution in [3.8, 4) is 5.69 Å². The first-order valence-electron chi connectivity index (χ1n) is 12.1. The first-order valence-corrected chi connectivity index (χ1v) is 12.1. The van der Waals surface area contributed by atoms with Gasteiger partial charge in [-0.2, -0.15) is 4.98 Å². The Balaban J connectivity index is 1.91. The molecule has 3 rings (SSSR count). The minimum Gasteiger partial charge on any atom is -0.396 e. The zero-order valence-corrected chi connectivity index (χ0v) is 20.3. The summed E-state index contributed by atoms with van der Waals surface area (Å²) in [7, 11) is 0. The molecule has 8 heteroatoms. The summed E-state index contributed by atoms with van der Waals surface area (Å²) in [5, 5.41) is 15.8. The summed E-state index contributed by atoms with van der Waals surface area (Å²) >= 11 is 0. The van der Waals surface area contributed by atoms with Gasteiger partial charge in [0.25, 0.3) is 11.5 Å². The van der Waals surface area contributed by atoms with Gasteiger partial charge in [-0.05, 0) is 56.0 Å². The molecule has 3 aromatic rings. The van der Waals surface area contributed by atoms with Crippen LogP contribution in [0, 0.1) is 12.8 Å². The van der Waals surface area contributed by atoms with Gasteiger partial charge in [-0.3, -0.25) is 14.2 Å². The van der Waals surface area contributed by atoms with Gasteiger partial charge in [-0.15, -0.1) is 0 Å². The highest BCUT2D eigenvalue weighted by Crippen LogP contribution is 2.20. The largest absolute Gasteiger partial charge is 0.396 e. The number of nitrogens with zero attached hydrogens (tertiary/aromatic N) is 3.